The Morgan fingerprint density at radius 1 is 1.00 bits per heavy atom. The fraction of sp³-hybridized carbons (Fsp3) is 0.400. The van der Waals surface area contributed by atoms with Gasteiger partial charge in [-0.15, -0.1) is 0 Å². The average Bonchev–Trinajstić information content (AvgIpc) is 3.29. The number of aromatic nitrogens is 1. The molecule has 4 nitrogen and oxygen atoms in total. The predicted molar refractivity (Wildman–Crippen MR) is 163 cm³/mol. The van der Waals surface area contributed by atoms with Crippen molar-refractivity contribution in [1.29, 1.82) is 0 Å². The molecule has 0 radical (unpaired) electrons. The summed E-state index contributed by atoms with van der Waals surface area (Å²) in [6.45, 7) is 12.3. The predicted octanol–water partition coefficient (Wildman–Crippen LogP) is 7.54. The van der Waals surface area contributed by atoms with Crippen molar-refractivity contribution in [2.24, 2.45) is 5.92 Å². The van der Waals surface area contributed by atoms with Crippen molar-refractivity contribution in [2.75, 3.05) is 19.6 Å². The number of benzene rings is 3. The van der Waals surface area contributed by atoms with E-state index >= 15 is 0 Å². The molecule has 0 saturated carbocycles. The number of H-pyrrole nitrogens is 1. The fourth-order valence-corrected chi connectivity index (χ4v) is 6.02. The van der Waals surface area contributed by atoms with Gasteiger partial charge in [0.1, 0.15) is 0 Å². The van der Waals surface area contributed by atoms with E-state index in [4.69, 9.17) is 0 Å². The lowest BCUT2D eigenvalue weighted by atomic mass is 9.88. The molecule has 1 fully saturated rings. The molecule has 3 aromatic carbocycles. The van der Waals surface area contributed by atoms with Crippen LogP contribution in [-0.4, -0.2) is 35.4 Å². The number of carbonyl (C=O) groups is 1. The molecule has 0 aliphatic carbocycles. The minimum atomic E-state index is 0.0200. The SMILES string of the molecule is Cc1ccc2[nH]c(-c3ccccc3C)c(CCCN3CCC(c4cccc(CNC(=O)C(C)C)c4)CC3)c2c1. The van der Waals surface area contributed by atoms with Crippen LogP contribution < -0.4 is 5.32 Å². The van der Waals surface area contributed by atoms with Gasteiger partial charge in [0.05, 0.1) is 0 Å². The van der Waals surface area contributed by atoms with Crippen molar-refractivity contribution in [3.63, 3.8) is 0 Å². The van der Waals surface area contributed by atoms with Crippen LogP contribution in [-0.2, 0) is 17.8 Å². The summed E-state index contributed by atoms with van der Waals surface area (Å²) < 4.78 is 0. The summed E-state index contributed by atoms with van der Waals surface area (Å²) in [7, 11) is 0. The highest BCUT2D eigenvalue weighted by atomic mass is 16.1. The van der Waals surface area contributed by atoms with E-state index < -0.39 is 0 Å². The highest BCUT2D eigenvalue weighted by Gasteiger charge is 2.21. The summed E-state index contributed by atoms with van der Waals surface area (Å²) in [5.74, 6) is 0.736. The lowest BCUT2D eigenvalue weighted by Crippen LogP contribution is -2.34. The molecule has 204 valence electrons. The van der Waals surface area contributed by atoms with E-state index in [-0.39, 0.29) is 11.8 Å². The molecular weight excluding hydrogens is 478 g/mol. The molecule has 2 heterocycles. The van der Waals surface area contributed by atoms with E-state index in [0.717, 1.165) is 32.5 Å². The Morgan fingerprint density at radius 3 is 2.56 bits per heavy atom. The summed E-state index contributed by atoms with van der Waals surface area (Å²) in [5, 5.41) is 4.42. The average molecular weight is 522 g/mol. The van der Waals surface area contributed by atoms with Gasteiger partial charge < -0.3 is 15.2 Å². The molecule has 0 spiro atoms. The van der Waals surface area contributed by atoms with Gasteiger partial charge in [-0.1, -0.05) is 74.0 Å². The number of hydrogen-bond acceptors (Lipinski definition) is 2. The zero-order valence-corrected chi connectivity index (χ0v) is 24.0. The van der Waals surface area contributed by atoms with Crippen molar-refractivity contribution < 1.29 is 4.79 Å². The molecule has 1 aliphatic heterocycles. The minimum Gasteiger partial charge on any atom is -0.354 e. The molecule has 4 aromatic rings. The Kier molecular flexibility index (Phi) is 8.52. The Morgan fingerprint density at radius 2 is 1.79 bits per heavy atom. The maximum atomic E-state index is 12.0. The topological polar surface area (TPSA) is 48.1 Å². The Balaban J connectivity index is 1.19. The number of aromatic amines is 1. The van der Waals surface area contributed by atoms with Crippen LogP contribution in [0.1, 0.15) is 66.8 Å². The third-order valence-corrected chi connectivity index (χ3v) is 8.38. The number of nitrogens with zero attached hydrogens (tertiary/aromatic N) is 1. The van der Waals surface area contributed by atoms with Crippen LogP contribution in [0.25, 0.3) is 22.2 Å². The van der Waals surface area contributed by atoms with E-state index in [9.17, 15) is 4.79 Å². The van der Waals surface area contributed by atoms with Gasteiger partial charge in [0.25, 0.3) is 0 Å². The smallest absolute Gasteiger partial charge is 0.222 e. The number of rotatable bonds is 9. The van der Waals surface area contributed by atoms with Gasteiger partial charge in [-0.05, 0) is 99.5 Å². The second-order valence-corrected chi connectivity index (χ2v) is 11.7. The number of likely N-dealkylation sites (tertiary alicyclic amines) is 1. The lowest BCUT2D eigenvalue weighted by molar-refractivity contribution is -0.124. The first kappa shape index (κ1) is 27.2. The van der Waals surface area contributed by atoms with Gasteiger partial charge in [0, 0.05) is 34.6 Å². The number of piperidine rings is 1. The van der Waals surface area contributed by atoms with Crippen molar-refractivity contribution in [3.05, 3.63) is 94.5 Å². The zero-order valence-electron chi connectivity index (χ0n) is 24.0. The van der Waals surface area contributed by atoms with Gasteiger partial charge in [0.2, 0.25) is 5.91 Å². The molecule has 5 rings (SSSR count). The van der Waals surface area contributed by atoms with Crippen molar-refractivity contribution in [2.45, 2.75) is 65.8 Å². The maximum absolute atomic E-state index is 12.0. The number of fused-ring (bicyclic) bond motifs is 1. The van der Waals surface area contributed by atoms with Crippen LogP contribution in [0, 0.1) is 19.8 Å². The third-order valence-electron chi connectivity index (χ3n) is 8.38. The first-order valence-electron chi connectivity index (χ1n) is 14.6. The molecule has 39 heavy (non-hydrogen) atoms. The second-order valence-electron chi connectivity index (χ2n) is 11.7. The van der Waals surface area contributed by atoms with Gasteiger partial charge in [-0.25, -0.2) is 0 Å². The van der Waals surface area contributed by atoms with Crippen LogP contribution >= 0.6 is 0 Å². The molecule has 1 saturated heterocycles. The Hall–Kier alpha value is -3.37. The molecule has 2 N–H and O–H groups in total. The molecular formula is C35H43N3O. The standard InChI is InChI=1S/C35H43N3O/c1-24(2)35(39)36-23-27-10-7-11-29(22-27)28-16-19-38(20-17-28)18-8-13-31-32-21-25(3)14-15-33(32)37-34(31)30-12-6-5-9-26(30)4/h5-7,9-12,14-15,21-22,24,28,37H,8,13,16-20,23H2,1-4H3,(H,36,39). The number of carbonyl (C=O) groups excluding carboxylic acids is 1. The Labute approximate surface area is 233 Å². The van der Waals surface area contributed by atoms with Gasteiger partial charge in [-0.2, -0.15) is 0 Å². The molecule has 4 heteroatoms. The van der Waals surface area contributed by atoms with E-state index in [1.165, 1.54) is 62.8 Å². The van der Waals surface area contributed by atoms with Crippen molar-refractivity contribution in [1.82, 2.24) is 15.2 Å². The molecule has 1 amide bonds. The normalized spacial score (nSPS) is 14.8. The fourth-order valence-electron chi connectivity index (χ4n) is 6.02. The Bertz CT molecular complexity index is 1430. The highest BCUT2D eigenvalue weighted by molar-refractivity contribution is 5.91. The summed E-state index contributed by atoms with van der Waals surface area (Å²) in [6, 6.07) is 24.3. The maximum Gasteiger partial charge on any atom is 0.222 e. The van der Waals surface area contributed by atoms with Gasteiger partial charge >= 0.3 is 0 Å². The molecule has 1 aromatic heterocycles. The molecule has 1 aliphatic rings. The van der Waals surface area contributed by atoms with E-state index in [1.807, 2.05) is 13.8 Å². The van der Waals surface area contributed by atoms with Crippen LogP contribution in [0.3, 0.4) is 0 Å². The molecule has 0 bridgehead atoms. The lowest BCUT2D eigenvalue weighted by Gasteiger charge is -2.32. The van der Waals surface area contributed by atoms with Crippen LogP contribution in [0.5, 0.6) is 0 Å². The summed E-state index contributed by atoms with van der Waals surface area (Å²) >= 11 is 0. The zero-order chi connectivity index (χ0) is 27.4. The molecule has 0 unspecified atom stereocenters. The summed E-state index contributed by atoms with van der Waals surface area (Å²) in [4.78, 5) is 18.4. The van der Waals surface area contributed by atoms with Gasteiger partial charge in [-0.3, -0.25) is 4.79 Å². The van der Waals surface area contributed by atoms with Crippen molar-refractivity contribution in [3.8, 4) is 11.3 Å². The van der Waals surface area contributed by atoms with E-state index in [2.05, 4.69) is 95.8 Å². The first-order chi connectivity index (χ1) is 18.9. The number of aryl methyl sites for hydroxylation is 3. The molecule has 0 atom stereocenters. The minimum absolute atomic E-state index is 0.0200. The highest BCUT2D eigenvalue weighted by Crippen LogP contribution is 2.34. The first-order valence-corrected chi connectivity index (χ1v) is 14.6. The van der Waals surface area contributed by atoms with Crippen LogP contribution in [0.15, 0.2) is 66.7 Å². The number of amides is 1. The summed E-state index contributed by atoms with van der Waals surface area (Å²) in [6.07, 6.45) is 4.64. The van der Waals surface area contributed by atoms with E-state index in [1.54, 1.807) is 0 Å². The largest absolute Gasteiger partial charge is 0.354 e. The van der Waals surface area contributed by atoms with Crippen molar-refractivity contribution >= 4 is 16.8 Å². The number of hydrogen-bond donors (Lipinski definition) is 2. The summed E-state index contributed by atoms with van der Waals surface area (Å²) in [5.41, 5.74) is 10.5. The van der Waals surface area contributed by atoms with Crippen LogP contribution in [0.4, 0.5) is 0 Å². The van der Waals surface area contributed by atoms with Crippen LogP contribution in [0.2, 0.25) is 0 Å². The quantitative estimate of drug-likeness (QED) is 0.239. The van der Waals surface area contributed by atoms with E-state index in [0.29, 0.717) is 12.5 Å². The third kappa shape index (κ3) is 6.45. The number of nitrogens with one attached hydrogen (secondary N) is 2. The second kappa shape index (κ2) is 12.2. The van der Waals surface area contributed by atoms with Gasteiger partial charge in [0.15, 0.2) is 0 Å². The monoisotopic (exact) mass is 521 g/mol.